The van der Waals surface area contributed by atoms with Gasteiger partial charge in [0.2, 0.25) is 0 Å². The van der Waals surface area contributed by atoms with Crippen LogP contribution in [0.1, 0.15) is 18.9 Å². The molecule has 1 heteroatoms. The third-order valence-corrected chi connectivity index (χ3v) is 2.50. The zero-order valence-corrected chi connectivity index (χ0v) is 9.72. The Morgan fingerprint density at radius 3 is 2.40 bits per heavy atom. The molecule has 0 radical (unpaired) electrons. The molecule has 0 aliphatic carbocycles. The average molecular weight is 219 g/mol. The van der Waals surface area contributed by atoms with Crippen molar-refractivity contribution in [2.24, 2.45) is 0 Å². The Morgan fingerprint density at radius 2 is 1.93 bits per heavy atom. The first-order valence-corrected chi connectivity index (χ1v) is 5.33. The van der Waals surface area contributed by atoms with Crippen LogP contribution in [-0.2, 0) is 0 Å². The quantitative estimate of drug-likeness (QED) is 0.633. The summed E-state index contributed by atoms with van der Waals surface area (Å²) < 4.78 is 0. The molecule has 0 aliphatic rings. The minimum absolute atomic E-state index is 0.749. The van der Waals surface area contributed by atoms with Gasteiger partial charge in [0.15, 0.2) is 0 Å². The number of halogens is 1. The SMILES string of the molecule is C=C/C=C(\C(=C)CC)c1ccc(Cl)cc1. The van der Waals surface area contributed by atoms with Crippen LogP contribution in [0.15, 0.2) is 55.1 Å². The van der Waals surface area contributed by atoms with Gasteiger partial charge in [0.25, 0.3) is 0 Å². The molecule has 78 valence electrons. The summed E-state index contributed by atoms with van der Waals surface area (Å²) in [7, 11) is 0. The molecule has 0 nitrogen and oxygen atoms in total. The van der Waals surface area contributed by atoms with Gasteiger partial charge in [0.1, 0.15) is 0 Å². The Hall–Kier alpha value is -1.27. The fraction of sp³-hybridized carbons (Fsp3) is 0.143. The normalized spacial score (nSPS) is 11.2. The molecule has 0 N–H and O–H groups in total. The number of allylic oxidation sites excluding steroid dienone is 4. The summed E-state index contributed by atoms with van der Waals surface area (Å²) in [6, 6.07) is 7.77. The smallest absolute Gasteiger partial charge is 0.0406 e. The van der Waals surface area contributed by atoms with E-state index in [2.05, 4.69) is 20.1 Å². The molecule has 1 aromatic rings. The maximum atomic E-state index is 5.84. The molecule has 0 fully saturated rings. The highest BCUT2D eigenvalue weighted by Gasteiger charge is 2.03. The predicted octanol–water partition coefficient (Wildman–Crippen LogP) is 4.88. The lowest BCUT2D eigenvalue weighted by Gasteiger charge is -2.08. The van der Waals surface area contributed by atoms with Gasteiger partial charge in [-0.1, -0.05) is 56.0 Å². The molecule has 1 rings (SSSR count). The first kappa shape index (κ1) is 11.8. The predicted molar refractivity (Wildman–Crippen MR) is 69.1 cm³/mol. The highest BCUT2D eigenvalue weighted by atomic mass is 35.5. The molecule has 0 atom stereocenters. The number of hydrogen-bond donors (Lipinski definition) is 0. The second kappa shape index (κ2) is 5.57. The van der Waals surface area contributed by atoms with Crippen LogP contribution >= 0.6 is 11.6 Å². The first-order chi connectivity index (χ1) is 7.19. The first-order valence-electron chi connectivity index (χ1n) is 4.95. The third-order valence-electron chi connectivity index (χ3n) is 2.25. The van der Waals surface area contributed by atoms with Crippen molar-refractivity contribution in [2.45, 2.75) is 13.3 Å². The van der Waals surface area contributed by atoms with Crippen molar-refractivity contribution in [2.75, 3.05) is 0 Å². The van der Waals surface area contributed by atoms with Crippen molar-refractivity contribution in [1.82, 2.24) is 0 Å². The Bertz CT molecular complexity index is 382. The highest BCUT2D eigenvalue weighted by Crippen LogP contribution is 2.25. The van der Waals surface area contributed by atoms with E-state index in [0.29, 0.717) is 0 Å². The summed E-state index contributed by atoms with van der Waals surface area (Å²) in [5.41, 5.74) is 3.37. The van der Waals surface area contributed by atoms with E-state index in [0.717, 1.165) is 28.2 Å². The molecule has 0 saturated carbocycles. The fourth-order valence-electron chi connectivity index (χ4n) is 1.36. The molecule has 0 aliphatic heterocycles. The van der Waals surface area contributed by atoms with E-state index in [-0.39, 0.29) is 0 Å². The van der Waals surface area contributed by atoms with Gasteiger partial charge < -0.3 is 0 Å². The number of rotatable bonds is 4. The van der Waals surface area contributed by atoms with Crippen LogP contribution < -0.4 is 0 Å². The Labute approximate surface area is 96.6 Å². The Kier molecular flexibility index (Phi) is 4.38. The molecular formula is C14H15Cl. The minimum Gasteiger partial charge on any atom is -0.0990 e. The zero-order chi connectivity index (χ0) is 11.3. The standard InChI is InChI=1S/C14H15Cl/c1-4-6-14(11(3)5-2)12-7-9-13(15)10-8-12/h4,6-10H,1,3,5H2,2H3/b14-6+. The van der Waals surface area contributed by atoms with Crippen LogP contribution in [0.5, 0.6) is 0 Å². The largest absolute Gasteiger partial charge is 0.0990 e. The third kappa shape index (κ3) is 3.10. The molecule has 0 unspecified atom stereocenters. The minimum atomic E-state index is 0.749. The molecule has 0 bridgehead atoms. The summed E-state index contributed by atoms with van der Waals surface area (Å²) in [5.74, 6) is 0. The van der Waals surface area contributed by atoms with Crippen LogP contribution in [0.4, 0.5) is 0 Å². The summed E-state index contributed by atoms with van der Waals surface area (Å²) in [6.07, 6.45) is 4.70. The van der Waals surface area contributed by atoms with Crippen molar-refractivity contribution in [3.63, 3.8) is 0 Å². The molecule has 0 spiro atoms. The van der Waals surface area contributed by atoms with Crippen LogP contribution in [-0.4, -0.2) is 0 Å². The van der Waals surface area contributed by atoms with Crippen molar-refractivity contribution in [3.8, 4) is 0 Å². The van der Waals surface area contributed by atoms with Crippen molar-refractivity contribution >= 4 is 17.2 Å². The van der Waals surface area contributed by atoms with Crippen LogP contribution in [0.25, 0.3) is 5.57 Å². The zero-order valence-electron chi connectivity index (χ0n) is 8.96. The lowest BCUT2D eigenvalue weighted by molar-refractivity contribution is 1.17. The Balaban J connectivity index is 3.10. The molecule has 1 aromatic carbocycles. The van der Waals surface area contributed by atoms with Gasteiger partial charge in [-0.05, 0) is 35.3 Å². The number of benzene rings is 1. The van der Waals surface area contributed by atoms with E-state index in [1.165, 1.54) is 0 Å². The summed E-state index contributed by atoms with van der Waals surface area (Å²) in [4.78, 5) is 0. The van der Waals surface area contributed by atoms with Crippen LogP contribution in [0.2, 0.25) is 5.02 Å². The monoisotopic (exact) mass is 218 g/mol. The van der Waals surface area contributed by atoms with E-state index in [9.17, 15) is 0 Å². The molecular weight excluding hydrogens is 204 g/mol. The van der Waals surface area contributed by atoms with Crippen molar-refractivity contribution < 1.29 is 0 Å². The molecule has 0 aromatic heterocycles. The second-order valence-electron chi connectivity index (χ2n) is 3.28. The van der Waals surface area contributed by atoms with E-state index in [1.807, 2.05) is 30.3 Å². The lowest BCUT2D eigenvalue weighted by atomic mass is 9.97. The van der Waals surface area contributed by atoms with E-state index in [1.54, 1.807) is 6.08 Å². The fourth-order valence-corrected chi connectivity index (χ4v) is 1.48. The summed E-state index contributed by atoms with van der Waals surface area (Å²) in [5, 5.41) is 0.749. The Morgan fingerprint density at radius 1 is 1.33 bits per heavy atom. The average Bonchev–Trinajstić information content (AvgIpc) is 2.26. The summed E-state index contributed by atoms with van der Waals surface area (Å²) in [6.45, 7) is 9.85. The number of hydrogen-bond acceptors (Lipinski definition) is 0. The molecule has 0 heterocycles. The second-order valence-corrected chi connectivity index (χ2v) is 3.72. The van der Waals surface area contributed by atoms with Crippen LogP contribution in [0, 0.1) is 0 Å². The van der Waals surface area contributed by atoms with Gasteiger partial charge in [-0.25, -0.2) is 0 Å². The van der Waals surface area contributed by atoms with Gasteiger partial charge in [-0.3, -0.25) is 0 Å². The maximum absolute atomic E-state index is 5.84. The van der Waals surface area contributed by atoms with E-state index in [4.69, 9.17) is 11.6 Å². The van der Waals surface area contributed by atoms with E-state index >= 15 is 0 Å². The summed E-state index contributed by atoms with van der Waals surface area (Å²) >= 11 is 5.84. The van der Waals surface area contributed by atoms with Gasteiger partial charge in [0.05, 0.1) is 0 Å². The lowest BCUT2D eigenvalue weighted by Crippen LogP contribution is -1.87. The van der Waals surface area contributed by atoms with E-state index < -0.39 is 0 Å². The maximum Gasteiger partial charge on any atom is 0.0406 e. The van der Waals surface area contributed by atoms with Gasteiger partial charge in [0, 0.05) is 5.02 Å². The van der Waals surface area contributed by atoms with Gasteiger partial charge in [-0.2, -0.15) is 0 Å². The van der Waals surface area contributed by atoms with Crippen molar-refractivity contribution in [3.05, 3.63) is 65.7 Å². The topological polar surface area (TPSA) is 0 Å². The molecule has 15 heavy (non-hydrogen) atoms. The molecule has 0 saturated heterocycles. The van der Waals surface area contributed by atoms with Crippen molar-refractivity contribution in [1.29, 1.82) is 0 Å². The highest BCUT2D eigenvalue weighted by molar-refractivity contribution is 6.30. The van der Waals surface area contributed by atoms with Gasteiger partial charge in [-0.15, -0.1) is 0 Å². The van der Waals surface area contributed by atoms with Crippen LogP contribution in [0.3, 0.4) is 0 Å². The molecule has 0 amide bonds. The van der Waals surface area contributed by atoms with Gasteiger partial charge >= 0.3 is 0 Å².